The van der Waals surface area contributed by atoms with Gasteiger partial charge >= 0.3 is 12.1 Å². The van der Waals surface area contributed by atoms with Crippen LogP contribution < -0.4 is 0 Å². The summed E-state index contributed by atoms with van der Waals surface area (Å²) in [7, 11) is 1.21. The minimum atomic E-state index is -4.59. The van der Waals surface area contributed by atoms with E-state index in [1.54, 1.807) is 6.92 Å². The molecule has 0 saturated heterocycles. The summed E-state index contributed by atoms with van der Waals surface area (Å²) >= 11 is 3.21. The molecule has 0 spiro atoms. The predicted octanol–water partition coefficient (Wildman–Crippen LogP) is 4.14. The number of rotatable bonds is 3. The maximum atomic E-state index is 13.2. The summed E-state index contributed by atoms with van der Waals surface area (Å²) in [5, 5.41) is 3.57. The number of alkyl halides is 3. The van der Waals surface area contributed by atoms with Gasteiger partial charge < -0.3 is 4.74 Å². The number of carbonyl (C=O) groups excluding carboxylic acids is 1. The number of ether oxygens (including phenoxy) is 1. The molecule has 0 saturated carbocycles. The van der Waals surface area contributed by atoms with Crippen LogP contribution in [0.2, 0.25) is 0 Å². The van der Waals surface area contributed by atoms with Crippen molar-refractivity contribution in [2.45, 2.75) is 19.6 Å². The number of hydrogen-bond acceptors (Lipinski definition) is 3. The lowest BCUT2D eigenvalue weighted by Gasteiger charge is -2.09. The molecule has 0 N–H and O–H groups in total. The maximum absolute atomic E-state index is 13.2. The van der Waals surface area contributed by atoms with Crippen molar-refractivity contribution in [3.05, 3.63) is 40.1 Å². The zero-order valence-electron chi connectivity index (χ0n) is 11.7. The van der Waals surface area contributed by atoms with Crippen LogP contribution in [0.1, 0.15) is 23.0 Å². The molecule has 0 radical (unpaired) electrons. The summed E-state index contributed by atoms with van der Waals surface area (Å²) in [5.74, 6) is -0.620. The first-order valence-corrected chi connectivity index (χ1v) is 7.10. The molecule has 2 rings (SSSR count). The van der Waals surface area contributed by atoms with Crippen LogP contribution in [0, 0.1) is 0 Å². The Bertz CT molecular complexity index is 711. The van der Waals surface area contributed by atoms with Crippen molar-refractivity contribution in [1.82, 2.24) is 9.78 Å². The molecule has 8 heteroatoms. The van der Waals surface area contributed by atoms with Crippen molar-refractivity contribution in [3.63, 3.8) is 0 Å². The minimum Gasteiger partial charge on any atom is -0.465 e. The predicted molar refractivity (Wildman–Crippen MR) is 77.4 cm³/mol. The molecular formula is C14H12BrF3N2O2. The summed E-state index contributed by atoms with van der Waals surface area (Å²) in [6.45, 7) is 1.99. The van der Waals surface area contributed by atoms with Gasteiger partial charge in [0.25, 0.3) is 0 Å². The van der Waals surface area contributed by atoms with Gasteiger partial charge in [0, 0.05) is 28.3 Å². The lowest BCUT2D eigenvalue weighted by atomic mass is 10.0. The molecule has 0 aliphatic carbocycles. The molecule has 4 nitrogen and oxygen atoms in total. The van der Waals surface area contributed by atoms with Gasteiger partial charge in [-0.25, -0.2) is 4.79 Å². The van der Waals surface area contributed by atoms with Crippen LogP contribution in [0.5, 0.6) is 0 Å². The highest BCUT2D eigenvalue weighted by Crippen LogP contribution is 2.39. The Morgan fingerprint density at radius 1 is 1.36 bits per heavy atom. The molecule has 22 heavy (non-hydrogen) atoms. The van der Waals surface area contributed by atoms with Gasteiger partial charge in [-0.3, -0.25) is 4.68 Å². The van der Waals surface area contributed by atoms with Crippen LogP contribution in [-0.2, 0) is 17.5 Å². The third-order valence-electron chi connectivity index (χ3n) is 3.03. The largest absolute Gasteiger partial charge is 0.465 e. The number of methoxy groups -OCH3 is 1. The third-order valence-corrected chi connectivity index (χ3v) is 3.72. The van der Waals surface area contributed by atoms with E-state index in [0.29, 0.717) is 11.0 Å². The lowest BCUT2D eigenvalue weighted by molar-refractivity contribution is -0.141. The van der Waals surface area contributed by atoms with E-state index >= 15 is 0 Å². The van der Waals surface area contributed by atoms with Crippen molar-refractivity contribution in [1.29, 1.82) is 0 Å². The molecule has 1 heterocycles. The summed E-state index contributed by atoms with van der Waals surface area (Å²) in [4.78, 5) is 11.6. The second-order valence-corrected chi connectivity index (χ2v) is 5.29. The fraction of sp³-hybridized carbons (Fsp3) is 0.286. The Morgan fingerprint density at radius 2 is 2.05 bits per heavy atom. The molecule has 0 amide bonds. The van der Waals surface area contributed by atoms with Crippen LogP contribution >= 0.6 is 15.9 Å². The fourth-order valence-corrected chi connectivity index (χ4v) is 2.43. The second-order valence-electron chi connectivity index (χ2n) is 4.43. The highest BCUT2D eigenvalue weighted by atomic mass is 79.9. The van der Waals surface area contributed by atoms with Crippen molar-refractivity contribution >= 4 is 21.9 Å². The molecular weight excluding hydrogens is 365 g/mol. The normalized spacial score (nSPS) is 11.5. The summed E-state index contributed by atoms with van der Waals surface area (Å²) < 4.78 is 45.7. The molecule has 0 atom stereocenters. The van der Waals surface area contributed by atoms with Gasteiger partial charge in [-0.15, -0.1) is 0 Å². The molecule has 1 aromatic carbocycles. The number of halogens is 4. The molecule has 0 aliphatic rings. The highest BCUT2D eigenvalue weighted by molar-refractivity contribution is 9.10. The second kappa shape index (κ2) is 6.12. The molecule has 0 fully saturated rings. The van der Waals surface area contributed by atoms with Crippen molar-refractivity contribution < 1.29 is 22.7 Å². The van der Waals surface area contributed by atoms with E-state index in [0.717, 1.165) is 0 Å². The minimum absolute atomic E-state index is 0.0908. The monoisotopic (exact) mass is 376 g/mol. The molecule has 118 valence electrons. The average molecular weight is 377 g/mol. The number of aryl methyl sites for hydroxylation is 1. The van der Waals surface area contributed by atoms with E-state index < -0.39 is 17.8 Å². The molecule has 1 aromatic heterocycles. The number of carbonyl (C=O) groups is 1. The molecule has 2 aromatic rings. The smallest absolute Gasteiger partial charge is 0.435 e. The van der Waals surface area contributed by atoms with Crippen LogP contribution in [0.15, 0.2) is 28.9 Å². The van der Waals surface area contributed by atoms with Gasteiger partial charge in [0.1, 0.15) is 0 Å². The van der Waals surface area contributed by atoms with E-state index in [1.807, 2.05) is 0 Å². The van der Waals surface area contributed by atoms with Gasteiger partial charge in [-0.1, -0.05) is 15.9 Å². The van der Waals surface area contributed by atoms with Crippen molar-refractivity contribution in [2.75, 3.05) is 7.11 Å². The summed E-state index contributed by atoms with van der Waals surface area (Å²) in [6.07, 6.45) is -3.28. The van der Waals surface area contributed by atoms with Crippen LogP contribution in [0.4, 0.5) is 13.2 Å². The third kappa shape index (κ3) is 3.16. The van der Waals surface area contributed by atoms with E-state index in [-0.39, 0.29) is 16.7 Å². The standard InChI is InChI=1S/C14H12BrF3N2O2/c1-3-20-7-10(12(19-20)14(16,17)18)9-6-8(13(21)22-2)4-5-11(9)15/h4-7H,3H2,1-2H3. The number of hydrogen-bond donors (Lipinski definition) is 0. The molecule has 0 bridgehead atoms. The van der Waals surface area contributed by atoms with Crippen molar-refractivity contribution in [2.24, 2.45) is 0 Å². The van der Waals surface area contributed by atoms with Gasteiger partial charge in [-0.05, 0) is 25.1 Å². The maximum Gasteiger partial charge on any atom is 0.435 e. The number of aromatic nitrogens is 2. The Balaban J connectivity index is 2.65. The average Bonchev–Trinajstić information content (AvgIpc) is 2.91. The first-order chi connectivity index (χ1) is 10.3. The summed E-state index contributed by atoms with van der Waals surface area (Å²) in [5.41, 5.74) is -0.683. The number of benzene rings is 1. The number of nitrogens with zero attached hydrogens (tertiary/aromatic N) is 2. The van der Waals surface area contributed by atoms with Crippen LogP contribution in [0.25, 0.3) is 11.1 Å². The Kier molecular flexibility index (Phi) is 4.60. The Morgan fingerprint density at radius 3 is 2.59 bits per heavy atom. The van der Waals surface area contributed by atoms with Crippen molar-refractivity contribution in [3.8, 4) is 11.1 Å². The van der Waals surface area contributed by atoms with Crippen LogP contribution in [0.3, 0.4) is 0 Å². The first-order valence-electron chi connectivity index (χ1n) is 6.30. The van der Waals surface area contributed by atoms with E-state index in [1.165, 1.54) is 36.2 Å². The van der Waals surface area contributed by atoms with Crippen LogP contribution in [-0.4, -0.2) is 22.9 Å². The Labute approximate surface area is 133 Å². The Hall–Kier alpha value is -1.83. The SMILES string of the molecule is CCn1cc(-c2cc(C(=O)OC)ccc2Br)c(C(F)(F)F)n1. The quantitative estimate of drug-likeness (QED) is 0.756. The van der Waals surface area contributed by atoms with E-state index in [4.69, 9.17) is 0 Å². The van der Waals surface area contributed by atoms with Gasteiger partial charge in [0.05, 0.1) is 12.7 Å². The van der Waals surface area contributed by atoms with Gasteiger partial charge in [-0.2, -0.15) is 18.3 Å². The molecule has 0 aliphatic heterocycles. The summed E-state index contributed by atoms with van der Waals surface area (Å²) in [6, 6.07) is 4.32. The molecule has 0 unspecified atom stereocenters. The topological polar surface area (TPSA) is 44.1 Å². The van der Waals surface area contributed by atoms with Gasteiger partial charge in [0.2, 0.25) is 0 Å². The fourth-order valence-electron chi connectivity index (χ4n) is 1.97. The van der Waals surface area contributed by atoms with E-state index in [2.05, 4.69) is 25.8 Å². The zero-order valence-corrected chi connectivity index (χ0v) is 13.3. The highest BCUT2D eigenvalue weighted by Gasteiger charge is 2.38. The first kappa shape index (κ1) is 16.5. The zero-order chi connectivity index (χ0) is 16.5. The van der Waals surface area contributed by atoms with E-state index in [9.17, 15) is 18.0 Å². The van der Waals surface area contributed by atoms with Gasteiger partial charge in [0.15, 0.2) is 5.69 Å². The lowest BCUT2D eigenvalue weighted by Crippen LogP contribution is -2.09. The number of esters is 1.